The number of fused-ring (bicyclic) bond motifs is 2. The third-order valence-electron chi connectivity index (χ3n) is 8.24. The van der Waals surface area contributed by atoms with E-state index in [1.807, 2.05) is 25.7 Å². The molecule has 5 rings (SSSR count). The first kappa shape index (κ1) is 35.8. The second kappa shape index (κ2) is 14.9. The van der Waals surface area contributed by atoms with Gasteiger partial charge in [-0.3, -0.25) is 9.88 Å². The van der Waals surface area contributed by atoms with Gasteiger partial charge in [0.15, 0.2) is 0 Å². The second-order valence-corrected chi connectivity index (χ2v) is 17.6. The van der Waals surface area contributed by atoms with Gasteiger partial charge in [0.25, 0.3) is 0 Å². The Labute approximate surface area is 284 Å². The van der Waals surface area contributed by atoms with Crippen molar-refractivity contribution in [1.29, 1.82) is 0 Å². The lowest BCUT2D eigenvalue weighted by Crippen LogP contribution is -2.45. The molecule has 3 aromatic carbocycles. The molecule has 14 heteroatoms. The fraction of sp³-hybridized carbons (Fsp3) is 0.324. The summed E-state index contributed by atoms with van der Waals surface area (Å²) in [6.45, 7) is 6.41. The fourth-order valence-corrected chi connectivity index (χ4v) is 9.16. The van der Waals surface area contributed by atoms with Crippen LogP contribution in [0.25, 0.3) is 0 Å². The molecule has 11 nitrogen and oxygen atoms in total. The largest absolute Gasteiger partial charge is 0.299 e. The minimum Gasteiger partial charge on any atom is -0.299 e. The molecular weight excluding hydrogens is 671 g/mol. The van der Waals surface area contributed by atoms with E-state index in [1.165, 1.54) is 20.7 Å². The molecule has 2 heterocycles. The van der Waals surface area contributed by atoms with Crippen LogP contribution in [-0.2, 0) is 43.2 Å². The Kier molecular flexibility index (Phi) is 11.1. The number of aromatic nitrogens is 1. The van der Waals surface area contributed by atoms with Crippen LogP contribution in [0.1, 0.15) is 28.1 Å². The van der Waals surface area contributed by atoms with Gasteiger partial charge in [0, 0.05) is 39.3 Å². The van der Waals surface area contributed by atoms with Gasteiger partial charge in [0.1, 0.15) is 0 Å². The smallest absolute Gasteiger partial charge is 0.243 e. The summed E-state index contributed by atoms with van der Waals surface area (Å²) in [5.74, 6) is 0. The summed E-state index contributed by atoms with van der Waals surface area (Å²) in [6, 6.07) is 25.0. The molecule has 256 valence electrons. The predicted molar refractivity (Wildman–Crippen MR) is 185 cm³/mol. The minimum absolute atomic E-state index is 0.0251. The van der Waals surface area contributed by atoms with Crippen molar-refractivity contribution in [3.63, 3.8) is 0 Å². The number of nitrogens with zero attached hydrogens (tertiary/aromatic N) is 4. The van der Waals surface area contributed by atoms with Gasteiger partial charge in [0.2, 0.25) is 30.1 Å². The molecule has 1 N–H and O–H groups in total. The molecule has 1 aliphatic rings. The Morgan fingerprint density at radius 1 is 0.562 bits per heavy atom. The van der Waals surface area contributed by atoms with Crippen molar-refractivity contribution in [1.82, 2.24) is 23.2 Å². The van der Waals surface area contributed by atoms with Crippen LogP contribution in [0.2, 0.25) is 0 Å². The summed E-state index contributed by atoms with van der Waals surface area (Å²) in [6.07, 6.45) is 0. The molecule has 2 bridgehead atoms. The van der Waals surface area contributed by atoms with E-state index < -0.39 is 30.1 Å². The highest BCUT2D eigenvalue weighted by atomic mass is 32.2. The Balaban J connectivity index is 1.45. The number of pyridine rings is 1. The molecule has 0 aliphatic carbocycles. The van der Waals surface area contributed by atoms with Crippen molar-refractivity contribution in [2.75, 3.05) is 39.3 Å². The lowest BCUT2D eigenvalue weighted by Gasteiger charge is -2.30. The second-order valence-electron chi connectivity index (χ2n) is 12.0. The van der Waals surface area contributed by atoms with E-state index >= 15 is 0 Å². The normalized spacial score (nSPS) is 16.2. The van der Waals surface area contributed by atoms with Crippen LogP contribution in [0, 0.1) is 20.8 Å². The van der Waals surface area contributed by atoms with Gasteiger partial charge in [-0.2, -0.15) is 8.61 Å². The van der Waals surface area contributed by atoms with Gasteiger partial charge in [-0.05, 0) is 69.3 Å². The quantitative estimate of drug-likeness (QED) is 0.278. The summed E-state index contributed by atoms with van der Waals surface area (Å²) in [5.41, 5.74) is 3.76. The summed E-state index contributed by atoms with van der Waals surface area (Å²) in [7, 11) is -11.7. The Bertz CT molecular complexity index is 1930. The number of benzene rings is 3. The van der Waals surface area contributed by atoms with Gasteiger partial charge in [0.05, 0.1) is 39.2 Å². The van der Waals surface area contributed by atoms with Crippen molar-refractivity contribution in [3.05, 3.63) is 119 Å². The van der Waals surface area contributed by atoms with E-state index in [2.05, 4.69) is 9.71 Å². The number of hydrogen-bond acceptors (Lipinski definition) is 8. The van der Waals surface area contributed by atoms with Crippen LogP contribution >= 0.6 is 0 Å². The fourth-order valence-electron chi connectivity index (χ4n) is 5.33. The van der Waals surface area contributed by atoms with Crippen LogP contribution in [-0.4, -0.2) is 83.0 Å². The maximum absolute atomic E-state index is 13.9. The third kappa shape index (κ3) is 8.74. The van der Waals surface area contributed by atoms with E-state index in [0.717, 1.165) is 16.7 Å². The van der Waals surface area contributed by atoms with Crippen LogP contribution in [0.4, 0.5) is 0 Å². The molecule has 0 atom stereocenters. The molecule has 0 spiro atoms. The average Bonchev–Trinajstić information content (AvgIpc) is 3.04. The van der Waals surface area contributed by atoms with Crippen LogP contribution in [0.5, 0.6) is 0 Å². The Hall–Kier alpha value is -3.50. The third-order valence-corrected chi connectivity index (χ3v) is 13.4. The molecule has 1 aromatic heterocycles. The molecule has 0 saturated carbocycles. The number of sulfonamides is 3. The summed E-state index contributed by atoms with van der Waals surface area (Å²) >= 11 is 0. The highest BCUT2D eigenvalue weighted by Gasteiger charge is 2.29. The zero-order chi connectivity index (χ0) is 34.5. The number of nitrogens with one attached hydrogen (secondary N) is 1. The molecule has 0 radical (unpaired) electrons. The highest BCUT2D eigenvalue weighted by Crippen LogP contribution is 2.22. The first-order valence-electron chi connectivity index (χ1n) is 15.6. The van der Waals surface area contributed by atoms with E-state index in [9.17, 15) is 25.3 Å². The van der Waals surface area contributed by atoms with Crippen molar-refractivity contribution < 1.29 is 25.3 Å². The maximum atomic E-state index is 13.9. The van der Waals surface area contributed by atoms with Crippen LogP contribution in [0.3, 0.4) is 0 Å². The molecule has 4 aromatic rings. The van der Waals surface area contributed by atoms with Crippen molar-refractivity contribution >= 4 is 30.1 Å². The van der Waals surface area contributed by atoms with Gasteiger partial charge in [-0.1, -0.05) is 59.2 Å². The Morgan fingerprint density at radius 3 is 1.38 bits per heavy atom. The number of hydrogen-bond donors (Lipinski definition) is 1. The van der Waals surface area contributed by atoms with E-state index in [-0.39, 0.29) is 67.0 Å². The lowest BCUT2D eigenvalue weighted by molar-refractivity contribution is 0.228. The first-order valence-corrected chi connectivity index (χ1v) is 20.0. The highest BCUT2D eigenvalue weighted by molar-refractivity contribution is 7.89. The van der Waals surface area contributed by atoms with Crippen molar-refractivity contribution in [2.45, 2.75) is 48.5 Å². The maximum Gasteiger partial charge on any atom is 0.243 e. The predicted octanol–water partition coefficient (Wildman–Crippen LogP) is 3.68. The minimum atomic E-state index is -3.93. The van der Waals surface area contributed by atoms with E-state index in [4.69, 9.17) is 0 Å². The van der Waals surface area contributed by atoms with Crippen LogP contribution in [0.15, 0.2) is 106 Å². The van der Waals surface area contributed by atoms with E-state index in [0.29, 0.717) is 11.4 Å². The van der Waals surface area contributed by atoms with Gasteiger partial charge in [-0.15, -0.1) is 0 Å². The molecule has 1 aliphatic heterocycles. The molecule has 0 saturated heterocycles. The number of rotatable bonds is 9. The molecule has 0 fully saturated rings. The van der Waals surface area contributed by atoms with Crippen molar-refractivity contribution in [3.8, 4) is 0 Å². The topological polar surface area (TPSA) is 137 Å². The first-order chi connectivity index (χ1) is 22.7. The van der Waals surface area contributed by atoms with E-state index in [1.54, 1.807) is 78.9 Å². The molecule has 48 heavy (non-hydrogen) atoms. The summed E-state index contributed by atoms with van der Waals surface area (Å²) < 4.78 is 87.0. The Morgan fingerprint density at radius 2 is 0.958 bits per heavy atom. The van der Waals surface area contributed by atoms with Gasteiger partial charge in [-0.25, -0.2) is 30.0 Å². The standard InChI is InChI=1S/C34H41N5O6S3/c1-27-7-13-32(14-8-27)46(40,41)35-19-20-37-21-23-38(47(42,43)33-15-9-28(2)10-16-33)25-30-5-4-6-31(36-30)26-39(24-22-37)48(44,45)34-17-11-29(3)12-18-34/h4-18,35H,19-26H2,1-3H3. The molecular formula is C34H41N5O6S3. The van der Waals surface area contributed by atoms with Gasteiger partial charge < -0.3 is 0 Å². The SMILES string of the molecule is Cc1ccc(S(=O)(=O)NCCN2CCN(S(=O)(=O)c3ccc(C)cc3)Cc3cccc(n3)CN(S(=O)(=O)c3ccc(C)cc3)CC2)cc1. The average molecular weight is 712 g/mol. The van der Waals surface area contributed by atoms with Crippen molar-refractivity contribution in [2.24, 2.45) is 0 Å². The summed E-state index contributed by atoms with van der Waals surface area (Å²) in [4.78, 5) is 7.02. The van der Waals surface area contributed by atoms with Gasteiger partial charge >= 0.3 is 0 Å². The lowest BCUT2D eigenvalue weighted by atomic mass is 10.2. The zero-order valence-corrected chi connectivity index (χ0v) is 29.7. The molecule has 0 unspecified atom stereocenters. The number of aryl methyl sites for hydroxylation is 3. The monoisotopic (exact) mass is 711 g/mol. The molecule has 0 amide bonds. The zero-order valence-electron chi connectivity index (χ0n) is 27.3. The summed E-state index contributed by atoms with van der Waals surface area (Å²) in [5, 5.41) is 0. The van der Waals surface area contributed by atoms with Crippen LogP contribution < -0.4 is 4.72 Å².